The minimum atomic E-state index is -0.465. The summed E-state index contributed by atoms with van der Waals surface area (Å²) in [5, 5.41) is 0.809. The molecule has 122 valence electrons. The molecule has 0 aliphatic rings. The Hall–Kier alpha value is -3.08. The van der Waals surface area contributed by atoms with Gasteiger partial charge in [-0.1, -0.05) is 6.07 Å². The van der Waals surface area contributed by atoms with Crippen molar-refractivity contribution in [3.8, 4) is 5.75 Å². The molecule has 0 aliphatic carbocycles. The number of ether oxygens (including phenoxy) is 1. The van der Waals surface area contributed by atoms with Crippen LogP contribution in [0, 0.1) is 6.92 Å². The fourth-order valence-electron chi connectivity index (χ4n) is 2.45. The second kappa shape index (κ2) is 6.20. The molecule has 3 aromatic rings. The number of fused-ring (bicyclic) bond motifs is 1. The number of carbonyl (C=O) groups is 1. The summed E-state index contributed by atoms with van der Waals surface area (Å²) in [4.78, 5) is 25.7. The molecule has 24 heavy (non-hydrogen) atoms. The molecule has 0 saturated heterocycles. The number of rotatable bonds is 3. The monoisotopic (exact) mass is 323 g/mol. The molecule has 5 nitrogen and oxygen atoms in total. The highest BCUT2D eigenvalue weighted by molar-refractivity contribution is 5.92. The Morgan fingerprint density at radius 2 is 1.88 bits per heavy atom. The van der Waals surface area contributed by atoms with Gasteiger partial charge in [-0.3, -0.25) is 0 Å². The first-order valence-electron chi connectivity index (χ1n) is 7.48. The highest BCUT2D eigenvalue weighted by Gasteiger charge is 2.11. The molecule has 0 atom stereocenters. The van der Waals surface area contributed by atoms with Crippen molar-refractivity contribution >= 4 is 22.6 Å². The van der Waals surface area contributed by atoms with E-state index in [4.69, 9.17) is 9.15 Å². The molecular weight excluding hydrogens is 306 g/mol. The van der Waals surface area contributed by atoms with E-state index in [9.17, 15) is 9.59 Å². The SMILES string of the molecule is Cc1cc(=O)oc2cc(OC(=O)c3cccc(N(C)C)c3)ccc12. The fourth-order valence-corrected chi connectivity index (χ4v) is 2.45. The first kappa shape index (κ1) is 15.8. The summed E-state index contributed by atoms with van der Waals surface area (Å²) in [6.07, 6.45) is 0. The Morgan fingerprint density at radius 1 is 1.08 bits per heavy atom. The van der Waals surface area contributed by atoms with Gasteiger partial charge in [0.2, 0.25) is 0 Å². The van der Waals surface area contributed by atoms with E-state index in [1.165, 1.54) is 6.07 Å². The Bertz CT molecular complexity index is 973. The van der Waals surface area contributed by atoms with Crippen molar-refractivity contribution in [3.63, 3.8) is 0 Å². The summed E-state index contributed by atoms with van der Waals surface area (Å²) >= 11 is 0. The number of carbonyl (C=O) groups excluding carboxylic acids is 1. The molecule has 0 radical (unpaired) electrons. The maximum atomic E-state index is 12.3. The predicted octanol–water partition coefficient (Wildman–Crippen LogP) is 3.39. The maximum absolute atomic E-state index is 12.3. The third-order valence-electron chi connectivity index (χ3n) is 3.73. The Kier molecular flexibility index (Phi) is 4.08. The number of hydrogen-bond acceptors (Lipinski definition) is 5. The van der Waals surface area contributed by atoms with Crippen LogP contribution in [0.25, 0.3) is 11.0 Å². The topological polar surface area (TPSA) is 59.8 Å². The van der Waals surface area contributed by atoms with E-state index in [0.29, 0.717) is 16.9 Å². The van der Waals surface area contributed by atoms with E-state index in [0.717, 1.165) is 16.6 Å². The zero-order valence-electron chi connectivity index (χ0n) is 13.7. The first-order valence-corrected chi connectivity index (χ1v) is 7.48. The average molecular weight is 323 g/mol. The van der Waals surface area contributed by atoms with Crippen LogP contribution in [0.4, 0.5) is 5.69 Å². The lowest BCUT2D eigenvalue weighted by molar-refractivity contribution is 0.0735. The Morgan fingerprint density at radius 3 is 2.62 bits per heavy atom. The van der Waals surface area contributed by atoms with Crippen LogP contribution in [0.1, 0.15) is 15.9 Å². The molecule has 1 heterocycles. The third-order valence-corrected chi connectivity index (χ3v) is 3.73. The first-order chi connectivity index (χ1) is 11.4. The molecule has 0 bridgehead atoms. The summed E-state index contributed by atoms with van der Waals surface area (Å²) in [6, 6.07) is 13.6. The molecule has 0 saturated carbocycles. The van der Waals surface area contributed by atoms with Crippen LogP contribution in [0.3, 0.4) is 0 Å². The van der Waals surface area contributed by atoms with Gasteiger partial charge in [0.05, 0.1) is 5.56 Å². The van der Waals surface area contributed by atoms with Gasteiger partial charge < -0.3 is 14.1 Å². The van der Waals surface area contributed by atoms with Crippen molar-refractivity contribution in [2.75, 3.05) is 19.0 Å². The molecular formula is C19H17NO4. The van der Waals surface area contributed by atoms with Gasteiger partial charge in [0.15, 0.2) is 0 Å². The molecule has 0 amide bonds. The third kappa shape index (κ3) is 3.15. The molecule has 1 aromatic heterocycles. The standard InChI is InChI=1S/C19H17NO4/c1-12-9-18(21)24-17-11-15(7-8-16(12)17)23-19(22)13-5-4-6-14(10-13)20(2)3/h4-11H,1-3H3. The Labute approximate surface area is 139 Å². The zero-order chi connectivity index (χ0) is 17.3. The smallest absolute Gasteiger partial charge is 0.343 e. The van der Waals surface area contributed by atoms with E-state index in [1.807, 2.05) is 32.0 Å². The van der Waals surface area contributed by atoms with Crippen molar-refractivity contribution in [1.29, 1.82) is 0 Å². The number of nitrogens with zero attached hydrogens (tertiary/aromatic N) is 1. The van der Waals surface area contributed by atoms with Gasteiger partial charge in [-0.25, -0.2) is 9.59 Å². The number of hydrogen-bond donors (Lipinski definition) is 0. The molecule has 3 rings (SSSR count). The molecule has 0 unspecified atom stereocenters. The van der Waals surface area contributed by atoms with Crippen LogP contribution in [0.15, 0.2) is 57.7 Å². The number of aryl methyl sites for hydroxylation is 1. The van der Waals surface area contributed by atoms with Crippen molar-refractivity contribution in [2.45, 2.75) is 6.92 Å². The number of benzene rings is 2. The predicted molar refractivity (Wildman–Crippen MR) is 92.9 cm³/mol. The van der Waals surface area contributed by atoms with E-state index < -0.39 is 11.6 Å². The van der Waals surface area contributed by atoms with Gasteiger partial charge >= 0.3 is 11.6 Å². The minimum Gasteiger partial charge on any atom is -0.423 e. The number of esters is 1. The van der Waals surface area contributed by atoms with Gasteiger partial charge in [-0.15, -0.1) is 0 Å². The van der Waals surface area contributed by atoms with Crippen LogP contribution in [-0.4, -0.2) is 20.1 Å². The van der Waals surface area contributed by atoms with Gasteiger partial charge in [0.25, 0.3) is 0 Å². The normalized spacial score (nSPS) is 10.6. The summed E-state index contributed by atoms with van der Waals surface area (Å²) in [6.45, 7) is 1.83. The molecule has 2 aromatic carbocycles. The highest BCUT2D eigenvalue weighted by Crippen LogP contribution is 2.23. The van der Waals surface area contributed by atoms with Crippen molar-refractivity contribution in [2.24, 2.45) is 0 Å². The summed E-state index contributed by atoms with van der Waals surface area (Å²) < 4.78 is 10.6. The quantitative estimate of drug-likeness (QED) is 0.420. The molecule has 5 heteroatoms. The zero-order valence-corrected chi connectivity index (χ0v) is 13.7. The van der Waals surface area contributed by atoms with E-state index in [1.54, 1.807) is 36.4 Å². The van der Waals surface area contributed by atoms with Crippen LogP contribution >= 0.6 is 0 Å². The van der Waals surface area contributed by atoms with E-state index in [-0.39, 0.29) is 0 Å². The number of anilines is 1. The van der Waals surface area contributed by atoms with Gasteiger partial charge in [-0.05, 0) is 42.8 Å². The Balaban J connectivity index is 1.90. The fraction of sp³-hybridized carbons (Fsp3) is 0.158. The summed E-state index contributed by atoms with van der Waals surface area (Å²) in [5.41, 5.74) is 2.14. The lowest BCUT2D eigenvalue weighted by Crippen LogP contribution is -2.12. The van der Waals surface area contributed by atoms with Crippen molar-refractivity contribution < 1.29 is 13.9 Å². The summed E-state index contributed by atoms with van der Waals surface area (Å²) in [5.74, 6) is -0.135. The molecule has 0 aliphatic heterocycles. The largest absolute Gasteiger partial charge is 0.423 e. The van der Waals surface area contributed by atoms with Gasteiger partial charge in [-0.2, -0.15) is 0 Å². The average Bonchev–Trinajstić information content (AvgIpc) is 2.54. The van der Waals surface area contributed by atoms with Crippen LogP contribution in [0.5, 0.6) is 5.75 Å². The highest BCUT2D eigenvalue weighted by atomic mass is 16.5. The van der Waals surface area contributed by atoms with Gasteiger partial charge in [0.1, 0.15) is 11.3 Å². The van der Waals surface area contributed by atoms with Crippen LogP contribution in [0.2, 0.25) is 0 Å². The van der Waals surface area contributed by atoms with E-state index in [2.05, 4.69) is 0 Å². The van der Waals surface area contributed by atoms with Crippen molar-refractivity contribution in [1.82, 2.24) is 0 Å². The summed E-state index contributed by atoms with van der Waals surface area (Å²) in [7, 11) is 3.80. The lowest BCUT2D eigenvalue weighted by Gasteiger charge is -2.13. The molecule has 0 N–H and O–H groups in total. The van der Waals surface area contributed by atoms with Crippen LogP contribution in [-0.2, 0) is 0 Å². The molecule has 0 fully saturated rings. The maximum Gasteiger partial charge on any atom is 0.343 e. The van der Waals surface area contributed by atoms with Crippen LogP contribution < -0.4 is 15.3 Å². The van der Waals surface area contributed by atoms with Gasteiger partial charge in [0, 0.05) is 37.3 Å². The lowest BCUT2D eigenvalue weighted by atomic mass is 10.1. The second-order valence-electron chi connectivity index (χ2n) is 5.74. The molecule has 0 spiro atoms. The second-order valence-corrected chi connectivity index (χ2v) is 5.74. The van der Waals surface area contributed by atoms with E-state index >= 15 is 0 Å². The minimum absolute atomic E-state index is 0.330. The van der Waals surface area contributed by atoms with Crippen molar-refractivity contribution in [3.05, 3.63) is 70.1 Å².